The summed E-state index contributed by atoms with van der Waals surface area (Å²) in [6, 6.07) is 6.72. The number of hydrogen-bond acceptors (Lipinski definition) is 4. The molecule has 1 aromatic carbocycles. The Morgan fingerprint density at radius 2 is 2.00 bits per heavy atom. The topological polar surface area (TPSA) is 66.8 Å². The number of piperidine rings is 1. The lowest BCUT2D eigenvalue weighted by molar-refractivity contribution is -0.142. The van der Waals surface area contributed by atoms with Crippen LogP contribution >= 0.6 is 0 Å². The number of amides is 2. The maximum absolute atomic E-state index is 13.0. The van der Waals surface area contributed by atoms with Crippen molar-refractivity contribution in [2.45, 2.75) is 71.9 Å². The van der Waals surface area contributed by atoms with Crippen molar-refractivity contribution in [2.75, 3.05) is 31.6 Å². The van der Waals surface area contributed by atoms with E-state index < -0.39 is 0 Å². The maximum atomic E-state index is 13.0. The highest BCUT2D eigenvalue weighted by atomic mass is 16.5. The Bertz CT molecular complexity index is 993. The molecule has 2 amide bonds. The minimum Gasteiger partial charge on any atom is -0.459 e. The monoisotopic (exact) mass is 440 g/mol. The number of carbonyl (C=O) groups excluding carboxylic acids is 2. The van der Waals surface area contributed by atoms with Gasteiger partial charge in [-0.1, -0.05) is 19.1 Å². The summed E-state index contributed by atoms with van der Waals surface area (Å²) in [5, 5.41) is 1.23. The Morgan fingerprint density at radius 1 is 1.22 bits per heavy atom. The van der Waals surface area contributed by atoms with Gasteiger partial charge in [-0.05, 0) is 69.8 Å². The molecule has 2 aliphatic rings. The Morgan fingerprint density at radius 3 is 2.69 bits per heavy atom. The fourth-order valence-corrected chi connectivity index (χ4v) is 5.69. The molecule has 0 radical (unpaired) electrons. The number of ether oxygens (including phenoxy) is 1. The number of benzene rings is 1. The van der Waals surface area contributed by atoms with Crippen molar-refractivity contribution in [3.8, 4) is 0 Å². The lowest BCUT2D eigenvalue weighted by Crippen LogP contribution is -2.47. The Hall–Kier alpha value is -2.54. The number of nitrogens with one attached hydrogen (secondary N) is 1. The third-order valence-electron chi connectivity index (χ3n) is 7.12. The SMILES string of the molecule is CCCN1CCC[C@@H]2c3cccc4c3c(c(COC(C)=O)n4NC(=O)N(CC)CC)C[C@H]21. The second-order valence-electron chi connectivity index (χ2n) is 8.93. The first kappa shape index (κ1) is 22.6. The van der Waals surface area contributed by atoms with Crippen molar-refractivity contribution in [1.82, 2.24) is 14.5 Å². The van der Waals surface area contributed by atoms with Crippen molar-refractivity contribution in [2.24, 2.45) is 0 Å². The zero-order valence-corrected chi connectivity index (χ0v) is 19.8. The van der Waals surface area contributed by atoms with Gasteiger partial charge < -0.3 is 9.64 Å². The summed E-state index contributed by atoms with van der Waals surface area (Å²) in [6.07, 6.45) is 4.47. The molecule has 0 unspecified atom stereocenters. The molecule has 7 heteroatoms. The van der Waals surface area contributed by atoms with Crippen molar-refractivity contribution in [3.63, 3.8) is 0 Å². The number of fused-ring (bicyclic) bond motifs is 2. The number of aromatic nitrogens is 1. The minimum absolute atomic E-state index is 0.141. The van der Waals surface area contributed by atoms with E-state index in [0.29, 0.717) is 25.0 Å². The fourth-order valence-electron chi connectivity index (χ4n) is 5.69. The predicted molar refractivity (Wildman–Crippen MR) is 126 cm³/mol. The first-order valence-corrected chi connectivity index (χ1v) is 12.1. The number of carbonyl (C=O) groups is 2. The quantitative estimate of drug-likeness (QED) is 0.655. The van der Waals surface area contributed by atoms with Crippen molar-refractivity contribution < 1.29 is 14.3 Å². The molecule has 0 spiro atoms. The molecule has 1 aromatic heterocycles. The molecule has 1 aliphatic carbocycles. The summed E-state index contributed by atoms with van der Waals surface area (Å²) < 4.78 is 7.35. The first-order chi connectivity index (χ1) is 15.5. The normalized spacial score (nSPS) is 20.1. The third-order valence-corrected chi connectivity index (χ3v) is 7.12. The largest absolute Gasteiger partial charge is 0.459 e. The van der Waals surface area contributed by atoms with E-state index in [1.807, 2.05) is 18.5 Å². The molecule has 0 saturated carbocycles. The van der Waals surface area contributed by atoms with E-state index in [-0.39, 0.29) is 18.6 Å². The molecule has 1 saturated heterocycles. The highest BCUT2D eigenvalue weighted by Crippen LogP contribution is 2.45. The molecular formula is C25H36N4O3. The molecule has 2 heterocycles. The van der Waals surface area contributed by atoms with E-state index in [9.17, 15) is 9.59 Å². The summed E-state index contributed by atoms with van der Waals surface area (Å²) in [4.78, 5) is 29.0. The van der Waals surface area contributed by atoms with Crippen LogP contribution in [-0.2, 0) is 22.6 Å². The van der Waals surface area contributed by atoms with E-state index in [1.165, 1.54) is 36.3 Å². The van der Waals surface area contributed by atoms with Crippen LogP contribution in [0.1, 0.15) is 69.7 Å². The van der Waals surface area contributed by atoms with Gasteiger partial charge in [0.15, 0.2) is 0 Å². The number of hydrogen-bond donors (Lipinski definition) is 1. The molecule has 1 aliphatic heterocycles. The number of likely N-dealkylation sites (tertiary alicyclic amines) is 1. The first-order valence-electron chi connectivity index (χ1n) is 12.1. The summed E-state index contributed by atoms with van der Waals surface area (Å²) in [7, 11) is 0. The third kappa shape index (κ3) is 3.98. The van der Waals surface area contributed by atoms with Gasteiger partial charge >= 0.3 is 12.0 Å². The molecule has 4 rings (SSSR count). The average molecular weight is 441 g/mol. The van der Waals surface area contributed by atoms with Crippen molar-refractivity contribution in [3.05, 3.63) is 35.0 Å². The molecule has 32 heavy (non-hydrogen) atoms. The van der Waals surface area contributed by atoms with Crippen molar-refractivity contribution in [1.29, 1.82) is 0 Å². The highest BCUT2D eigenvalue weighted by molar-refractivity contribution is 5.93. The van der Waals surface area contributed by atoms with Gasteiger partial charge in [0.2, 0.25) is 0 Å². The summed E-state index contributed by atoms with van der Waals surface area (Å²) in [5.41, 5.74) is 7.55. The number of nitrogens with zero attached hydrogens (tertiary/aromatic N) is 3. The Labute approximate surface area is 190 Å². The molecular weight excluding hydrogens is 404 g/mol. The molecule has 0 bridgehead atoms. The molecule has 1 N–H and O–H groups in total. The smallest absolute Gasteiger partial charge is 0.336 e. The summed E-state index contributed by atoms with van der Waals surface area (Å²) >= 11 is 0. The van der Waals surface area contributed by atoms with Crippen LogP contribution in [0.3, 0.4) is 0 Å². The van der Waals surface area contributed by atoms with Crippen LogP contribution in [0.25, 0.3) is 10.9 Å². The van der Waals surface area contributed by atoms with Gasteiger partial charge in [-0.3, -0.25) is 14.4 Å². The summed E-state index contributed by atoms with van der Waals surface area (Å²) in [6.45, 7) is 11.3. The van der Waals surface area contributed by atoms with Crippen LogP contribution in [-0.4, -0.2) is 58.7 Å². The minimum atomic E-state index is -0.316. The number of rotatable bonds is 7. The lowest BCUT2D eigenvalue weighted by atomic mass is 9.74. The molecule has 2 atom stereocenters. The number of esters is 1. The van der Waals surface area contributed by atoms with Crippen LogP contribution < -0.4 is 5.43 Å². The zero-order valence-electron chi connectivity index (χ0n) is 19.8. The van der Waals surface area contributed by atoms with Gasteiger partial charge in [-0.25, -0.2) is 10.2 Å². The van der Waals surface area contributed by atoms with Crippen LogP contribution in [0.2, 0.25) is 0 Å². The molecule has 1 fully saturated rings. The van der Waals surface area contributed by atoms with E-state index in [2.05, 4.69) is 35.4 Å². The number of urea groups is 1. The van der Waals surface area contributed by atoms with Gasteiger partial charge in [0.05, 0.1) is 11.2 Å². The fraction of sp³-hybridized carbons (Fsp3) is 0.600. The van der Waals surface area contributed by atoms with E-state index in [4.69, 9.17) is 4.74 Å². The Balaban J connectivity index is 1.83. The lowest BCUT2D eigenvalue weighted by Gasteiger charge is -2.44. The van der Waals surface area contributed by atoms with Gasteiger partial charge in [0.1, 0.15) is 6.61 Å². The zero-order chi connectivity index (χ0) is 22.8. The van der Waals surface area contributed by atoms with Gasteiger partial charge in [0.25, 0.3) is 0 Å². The highest BCUT2D eigenvalue weighted by Gasteiger charge is 2.39. The van der Waals surface area contributed by atoms with Gasteiger partial charge in [0, 0.05) is 37.4 Å². The second-order valence-corrected chi connectivity index (χ2v) is 8.93. The van der Waals surface area contributed by atoms with Gasteiger partial charge in [-0.2, -0.15) is 0 Å². The average Bonchev–Trinajstić information content (AvgIpc) is 3.07. The standard InChI is InChI=1S/C25H36N4O3/c1-5-13-28-14-9-11-18-19-10-8-12-21-24(19)20(15-22(18)28)23(16-32-17(4)30)29(21)26-25(31)27(6-2)7-3/h8,10,12,18,22H,5-7,9,11,13-16H2,1-4H3,(H,26,31)/t18-,22-/m1/s1. The second kappa shape index (κ2) is 9.53. The molecule has 7 nitrogen and oxygen atoms in total. The van der Waals surface area contributed by atoms with Crippen LogP contribution in [0.5, 0.6) is 0 Å². The summed E-state index contributed by atoms with van der Waals surface area (Å²) in [5.74, 6) is 0.186. The van der Waals surface area contributed by atoms with Gasteiger partial charge in [-0.15, -0.1) is 0 Å². The van der Waals surface area contributed by atoms with E-state index >= 15 is 0 Å². The Kier molecular flexibility index (Phi) is 6.74. The maximum Gasteiger partial charge on any atom is 0.336 e. The van der Waals surface area contributed by atoms with Crippen LogP contribution in [0.15, 0.2) is 18.2 Å². The predicted octanol–water partition coefficient (Wildman–Crippen LogP) is 4.22. The van der Waals surface area contributed by atoms with Crippen LogP contribution in [0, 0.1) is 0 Å². The van der Waals surface area contributed by atoms with E-state index in [1.54, 1.807) is 4.90 Å². The van der Waals surface area contributed by atoms with E-state index in [0.717, 1.165) is 37.1 Å². The van der Waals surface area contributed by atoms with Crippen LogP contribution in [0.4, 0.5) is 4.79 Å². The molecule has 2 aromatic rings. The molecule has 174 valence electrons. The van der Waals surface area contributed by atoms with Crippen molar-refractivity contribution >= 4 is 22.9 Å².